The smallest absolute Gasteiger partial charge is 0.266 e. The molecule has 0 radical (unpaired) electrons. The number of carbonyl (C=O) groups is 1. The normalized spacial score (nSPS) is 26.2. The Kier molecular flexibility index (Phi) is 2.34. The van der Waals surface area contributed by atoms with Crippen molar-refractivity contribution < 1.29 is 4.79 Å². The maximum Gasteiger partial charge on any atom is 0.284 e. The van der Waals surface area contributed by atoms with Crippen molar-refractivity contribution in [2.24, 2.45) is 4.99 Å². The third-order valence-electron chi connectivity index (χ3n) is 1.78. The largest absolute Gasteiger partial charge is 0.284 e. The monoisotopic (exact) mass is 301 g/mol. The number of fused-ring (bicyclic) bond motifs is 1. The Morgan fingerprint density at radius 1 is 1.46 bits per heavy atom. The van der Waals surface area contributed by atoms with Gasteiger partial charge in [-0.25, -0.2) is 4.99 Å². The average Bonchev–Trinajstić information content (AvgIpc) is 2.08. The Labute approximate surface area is 92.4 Å². The van der Waals surface area contributed by atoms with Gasteiger partial charge in [-0.2, -0.15) is 0 Å². The van der Waals surface area contributed by atoms with Gasteiger partial charge in [0.1, 0.15) is 0 Å². The molecule has 0 aromatic heterocycles. The number of halogens is 2. The van der Waals surface area contributed by atoms with Crippen molar-refractivity contribution in [1.29, 1.82) is 0 Å². The summed E-state index contributed by atoms with van der Waals surface area (Å²) in [6.45, 7) is 0. The van der Waals surface area contributed by atoms with Gasteiger partial charge < -0.3 is 0 Å². The highest BCUT2D eigenvalue weighted by atomic mass is 79.9. The van der Waals surface area contributed by atoms with Gasteiger partial charge in [-0.3, -0.25) is 4.79 Å². The van der Waals surface area contributed by atoms with Crippen molar-refractivity contribution in [3.8, 4) is 0 Å². The molecule has 1 atom stereocenters. The van der Waals surface area contributed by atoms with Crippen molar-refractivity contribution in [1.82, 2.24) is 0 Å². The van der Waals surface area contributed by atoms with Crippen molar-refractivity contribution in [2.45, 2.75) is 4.83 Å². The Morgan fingerprint density at radius 3 is 3.00 bits per heavy atom. The minimum Gasteiger partial charge on any atom is -0.266 e. The summed E-state index contributed by atoms with van der Waals surface area (Å²) >= 11 is 6.60. The van der Waals surface area contributed by atoms with Crippen LogP contribution >= 0.6 is 31.9 Å². The van der Waals surface area contributed by atoms with E-state index in [4.69, 9.17) is 0 Å². The van der Waals surface area contributed by atoms with Crippen LogP contribution in [0.3, 0.4) is 0 Å². The lowest BCUT2D eigenvalue weighted by molar-refractivity contribution is -0.113. The van der Waals surface area contributed by atoms with Gasteiger partial charge in [-0.15, -0.1) is 0 Å². The number of allylic oxidation sites excluding steroid dienone is 5. The van der Waals surface area contributed by atoms with Crippen molar-refractivity contribution in [2.75, 3.05) is 0 Å². The van der Waals surface area contributed by atoms with Gasteiger partial charge in [0, 0.05) is 0 Å². The summed E-state index contributed by atoms with van der Waals surface area (Å²) < 4.78 is 0.512. The van der Waals surface area contributed by atoms with E-state index >= 15 is 0 Å². The fourth-order valence-corrected chi connectivity index (χ4v) is 1.95. The summed E-state index contributed by atoms with van der Waals surface area (Å²) in [5.74, 6) is -0.218. The third-order valence-corrected chi connectivity index (χ3v) is 2.92. The maximum absolute atomic E-state index is 11.2. The molecule has 2 nitrogen and oxygen atoms in total. The van der Waals surface area contributed by atoms with E-state index in [2.05, 4.69) is 36.9 Å². The lowest BCUT2D eigenvalue weighted by Gasteiger charge is -2.14. The van der Waals surface area contributed by atoms with Crippen LogP contribution < -0.4 is 0 Å². The van der Waals surface area contributed by atoms with E-state index < -0.39 is 0 Å². The Hall–Kier alpha value is -0.480. The van der Waals surface area contributed by atoms with Gasteiger partial charge in [0.05, 0.1) is 15.0 Å². The summed E-state index contributed by atoms with van der Waals surface area (Å²) in [7, 11) is 0. The number of alkyl halides is 1. The third kappa shape index (κ3) is 1.74. The molecule has 0 saturated carbocycles. The van der Waals surface area contributed by atoms with E-state index in [0.29, 0.717) is 4.48 Å². The van der Waals surface area contributed by atoms with Crippen LogP contribution in [0.25, 0.3) is 0 Å². The van der Waals surface area contributed by atoms with E-state index in [9.17, 15) is 4.79 Å². The van der Waals surface area contributed by atoms with E-state index in [-0.39, 0.29) is 10.7 Å². The molecule has 0 aromatic carbocycles. The molecular weight excluding hydrogens is 298 g/mol. The molecule has 0 bridgehead atoms. The highest BCUT2D eigenvalue weighted by molar-refractivity contribution is 9.12. The number of carbonyl (C=O) groups excluding carboxylic acids is 1. The van der Waals surface area contributed by atoms with E-state index in [1.807, 2.05) is 18.2 Å². The molecule has 0 spiro atoms. The SMILES string of the molecule is O=C1N=C2C=CC(Br)C=C2C=C1Br. The first kappa shape index (κ1) is 9.09. The zero-order valence-electron chi connectivity index (χ0n) is 6.50. The first-order valence-corrected chi connectivity index (χ1v) is 5.42. The van der Waals surface area contributed by atoms with Gasteiger partial charge in [0.25, 0.3) is 5.91 Å². The number of hydrogen-bond acceptors (Lipinski definition) is 1. The zero-order chi connectivity index (χ0) is 9.42. The fraction of sp³-hybridized carbons (Fsp3) is 0.111. The molecule has 66 valence electrons. The second-order valence-electron chi connectivity index (χ2n) is 2.72. The highest BCUT2D eigenvalue weighted by Gasteiger charge is 2.18. The van der Waals surface area contributed by atoms with Gasteiger partial charge in [-0.05, 0) is 33.7 Å². The predicted molar refractivity (Wildman–Crippen MR) is 59.4 cm³/mol. The van der Waals surface area contributed by atoms with Crippen molar-refractivity contribution in [3.63, 3.8) is 0 Å². The average molecular weight is 303 g/mol. The number of hydrogen-bond donors (Lipinski definition) is 0. The second-order valence-corrected chi connectivity index (χ2v) is 4.63. The Bertz CT molecular complexity index is 390. The first-order valence-electron chi connectivity index (χ1n) is 3.71. The molecule has 1 unspecified atom stereocenters. The zero-order valence-corrected chi connectivity index (χ0v) is 9.67. The lowest BCUT2D eigenvalue weighted by Crippen LogP contribution is -2.13. The number of dihydropyridines is 1. The number of nitrogens with zero attached hydrogens (tertiary/aromatic N) is 1. The molecular formula is C9H5Br2NO. The molecule has 0 saturated heterocycles. The molecule has 1 heterocycles. The Balaban J connectivity index is 2.45. The van der Waals surface area contributed by atoms with Crippen LogP contribution in [-0.2, 0) is 4.79 Å². The molecule has 1 amide bonds. The van der Waals surface area contributed by atoms with Crippen LogP contribution in [-0.4, -0.2) is 16.4 Å². The van der Waals surface area contributed by atoms with E-state index in [1.54, 1.807) is 6.08 Å². The summed E-state index contributed by atoms with van der Waals surface area (Å²) in [5.41, 5.74) is 1.72. The van der Waals surface area contributed by atoms with Gasteiger partial charge in [0.15, 0.2) is 0 Å². The van der Waals surface area contributed by atoms with Crippen LogP contribution in [0.5, 0.6) is 0 Å². The number of amides is 1. The summed E-state index contributed by atoms with van der Waals surface area (Å²) in [6, 6.07) is 0. The molecule has 4 heteroatoms. The molecule has 0 fully saturated rings. The quantitative estimate of drug-likeness (QED) is 0.632. The Morgan fingerprint density at radius 2 is 2.23 bits per heavy atom. The molecule has 13 heavy (non-hydrogen) atoms. The van der Waals surface area contributed by atoms with Crippen LogP contribution in [0.15, 0.2) is 39.4 Å². The molecule has 2 rings (SSSR count). The van der Waals surface area contributed by atoms with E-state index in [0.717, 1.165) is 11.3 Å². The van der Waals surface area contributed by atoms with Crippen LogP contribution in [0, 0.1) is 0 Å². The minimum absolute atomic E-state index is 0.218. The van der Waals surface area contributed by atoms with Gasteiger partial charge in [0.2, 0.25) is 0 Å². The van der Waals surface area contributed by atoms with E-state index in [1.165, 1.54) is 0 Å². The van der Waals surface area contributed by atoms with Crippen LogP contribution in [0.1, 0.15) is 0 Å². The van der Waals surface area contributed by atoms with Gasteiger partial charge >= 0.3 is 0 Å². The summed E-state index contributed by atoms with van der Waals surface area (Å²) in [5, 5.41) is 0. The molecule has 1 aliphatic carbocycles. The summed E-state index contributed by atoms with van der Waals surface area (Å²) in [6.07, 6.45) is 7.60. The topological polar surface area (TPSA) is 29.4 Å². The minimum atomic E-state index is -0.218. The van der Waals surface area contributed by atoms with Crippen LogP contribution in [0.2, 0.25) is 0 Å². The van der Waals surface area contributed by atoms with Crippen LogP contribution in [0.4, 0.5) is 0 Å². The standard InChI is InChI=1S/C9H5Br2NO/c10-6-1-2-8-5(3-6)4-7(11)9(13)12-8/h1-4,6H. The van der Waals surface area contributed by atoms with Crippen molar-refractivity contribution >= 4 is 43.5 Å². The molecule has 2 aliphatic rings. The number of rotatable bonds is 0. The molecule has 0 N–H and O–H groups in total. The number of aliphatic imine (C=N–C) groups is 1. The summed E-state index contributed by atoms with van der Waals surface area (Å²) in [4.78, 5) is 15.3. The van der Waals surface area contributed by atoms with Crippen molar-refractivity contribution in [3.05, 3.63) is 34.4 Å². The molecule has 0 aromatic rings. The lowest BCUT2D eigenvalue weighted by atomic mass is 10.0. The maximum atomic E-state index is 11.2. The second kappa shape index (κ2) is 3.35. The highest BCUT2D eigenvalue weighted by Crippen LogP contribution is 2.23. The fourth-order valence-electron chi connectivity index (χ4n) is 1.18. The van der Waals surface area contributed by atoms with Gasteiger partial charge in [-0.1, -0.05) is 28.1 Å². The predicted octanol–water partition coefficient (Wildman–Crippen LogP) is 2.51. The first-order chi connectivity index (χ1) is 6.16. The molecule has 1 aliphatic heterocycles.